The standard InChI is InChI=1S/C26H35N3O6/c1-17-21(22(30)29(3)25(33)28(17)2)19-10-8-18(9-11-19)16-20(23(31)35-5)27-24(32)26(14-15-34-4)12-6-7-13-26/h8-11,20H,6-7,12-16H2,1-5H3,(H,27,32)/t20-/m0/s1. The number of carbonyl (C=O) groups is 2. The molecule has 9 heteroatoms. The summed E-state index contributed by atoms with van der Waals surface area (Å²) in [5.41, 5.74) is 1.23. The lowest BCUT2D eigenvalue weighted by molar-refractivity contribution is -0.146. The van der Waals surface area contributed by atoms with E-state index < -0.39 is 17.4 Å². The predicted octanol–water partition coefficient (Wildman–Crippen LogP) is 1.86. The van der Waals surface area contributed by atoms with Crippen LogP contribution in [0.4, 0.5) is 0 Å². The van der Waals surface area contributed by atoms with E-state index in [0.29, 0.717) is 29.8 Å². The maximum atomic E-state index is 13.3. The van der Waals surface area contributed by atoms with Crippen LogP contribution in [0.5, 0.6) is 0 Å². The molecule has 1 amide bonds. The Kier molecular flexibility index (Phi) is 8.32. The molecule has 0 spiro atoms. The lowest BCUT2D eigenvalue weighted by Gasteiger charge is -2.29. The van der Waals surface area contributed by atoms with Crippen molar-refractivity contribution in [1.82, 2.24) is 14.5 Å². The Morgan fingerprint density at radius 3 is 2.26 bits per heavy atom. The fourth-order valence-corrected chi connectivity index (χ4v) is 4.91. The van der Waals surface area contributed by atoms with Crippen molar-refractivity contribution in [3.05, 3.63) is 56.4 Å². The molecule has 190 valence electrons. The minimum absolute atomic E-state index is 0.136. The number of carbonyl (C=O) groups excluding carboxylic acids is 2. The molecule has 2 aromatic rings. The molecule has 35 heavy (non-hydrogen) atoms. The molecule has 1 N–H and O–H groups in total. The van der Waals surface area contributed by atoms with E-state index in [2.05, 4.69) is 5.32 Å². The van der Waals surface area contributed by atoms with Crippen LogP contribution in [-0.4, -0.2) is 47.9 Å². The highest BCUT2D eigenvalue weighted by molar-refractivity contribution is 5.88. The first-order valence-corrected chi connectivity index (χ1v) is 11.9. The maximum Gasteiger partial charge on any atom is 0.330 e. The number of esters is 1. The molecule has 1 fully saturated rings. The van der Waals surface area contributed by atoms with Crippen LogP contribution in [0.15, 0.2) is 33.9 Å². The lowest BCUT2D eigenvalue weighted by Crippen LogP contribution is -2.49. The molecule has 0 radical (unpaired) electrons. The first-order valence-electron chi connectivity index (χ1n) is 11.9. The van der Waals surface area contributed by atoms with Gasteiger partial charge in [-0.1, -0.05) is 37.1 Å². The number of nitrogens with one attached hydrogen (secondary N) is 1. The molecule has 0 bridgehead atoms. The van der Waals surface area contributed by atoms with E-state index in [0.717, 1.165) is 35.8 Å². The van der Waals surface area contributed by atoms with E-state index in [1.165, 1.54) is 18.7 Å². The van der Waals surface area contributed by atoms with Crippen LogP contribution in [0.25, 0.3) is 11.1 Å². The summed E-state index contributed by atoms with van der Waals surface area (Å²) in [5, 5.41) is 2.93. The lowest BCUT2D eigenvalue weighted by atomic mass is 9.81. The number of methoxy groups -OCH3 is 2. The van der Waals surface area contributed by atoms with E-state index in [4.69, 9.17) is 9.47 Å². The van der Waals surface area contributed by atoms with Gasteiger partial charge < -0.3 is 19.4 Å². The number of hydrogen-bond donors (Lipinski definition) is 1. The van der Waals surface area contributed by atoms with E-state index >= 15 is 0 Å². The van der Waals surface area contributed by atoms with Crippen molar-refractivity contribution in [3.63, 3.8) is 0 Å². The predicted molar refractivity (Wildman–Crippen MR) is 132 cm³/mol. The Morgan fingerprint density at radius 2 is 1.69 bits per heavy atom. The molecule has 1 atom stereocenters. The summed E-state index contributed by atoms with van der Waals surface area (Å²) in [6.07, 6.45) is 4.38. The van der Waals surface area contributed by atoms with Crippen LogP contribution in [0.2, 0.25) is 0 Å². The van der Waals surface area contributed by atoms with E-state index in [9.17, 15) is 19.2 Å². The second kappa shape index (κ2) is 11.0. The number of nitrogens with zero attached hydrogens (tertiary/aromatic N) is 2. The van der Waals surface area contributed by atoms with Gasteiger partial charge in [-0.05, 0) is 37.3 Å². The third-order valence-corrected chi connectivity index (χ3v) is 7.26. The van der Waals surface area contributed by atoms with Crippen LogP contribution < -0.4 is 16.6 Å². The molecule has 0 unspecified atom stereocenters. The van der Waals surface area contributed by atoms with Crippen LogP contribution in [-0.2, 0) is 39.6 Å². The van der Waals surface area contributed by atoms with E-state index in [1.807, 2.05) is 12.1 Å². The molecule has 1 heterocycles. The Hall–Kier alpha value is -3.20. The fourth-order valence-electron chi connectivity index (χ4n) is 4.91. The largest absolute Gasteiger partial charge is 0.467 e. The van der Waals surface area contributed by atoms with Gasteiger partial charge in [0.1, 0.15) is 6.04 Å². The molecule has 1 aliphatic rings. The Labute approximate surface area is 205 Å². The van der Waals surface area contributed by atoms with Gasteiger partial charge in [0, 0.05) is 39.9 Å². The second-order valence-electron chi connectivity index (χ2n) is 9.35. The van der Waals surface area contributed by atoms with Crippen molar-refractivity contribution in [3.8, 4) is 11.1 Å². The van der Waals surface area contributed by atoms with Crippen molar-refractivity contribution in [1.29, 1.82) is 0 Å². The molecule has 1 aliphatic carbocycles. The molecule has 0 saturated heterocycles. The average molecular weight is 486 g/mol. The number of benzene rings is 1. The molecule has 3 rings (SSSR count). The maximum absolute atomic E-state index is 13.3. The summed E-state index contributed by atoms with van der Waals surface area (Å²) in [7, 11) is 6.00. The van der Waals surface area contributed by atoms with Crippen molar-refractivity contribution in [2.75, 3.05) is 20.8 Å². The van der Waals surface area contributed by atoms with Crippen molar-refractivity contribution in [2.24, 2.45) is 19.5 Å². The monoisotopic (exact) mass is 485 g/mol. The smallest absolute Gasteiger partial charge is 0.330 e. The highest BCUT2D eigenvalue weighted by atomic mass is 16.5. The second-order valence-corrected chi connectivity index (χ2v) is 9.35. The summed E-state index contributed by atoms with van der Waals surface area (Å²) in [5.74, 6) is -0.645. The zero-order chi connectivity index (χ0) is 25.8. The van der Waals surface area contributed by atoms with Crippen molar-refractivity contribution in [2.45, 2.75) is 51.5 Å². The SMILES string of the molecule is COCCC1(C(=O)N[C@@H](Cc2ccc(-c3c(C)n(C)c(=O)n(C)c3=O)cc2)C(=O)OC)CCCC1. The van der Waals surface area contributed by atoms with Gasteiger partial charge in [0.15, 0.2) is 0 Å². The van der Waals surface area contributed by atoms with Gasteiger partial charge in [-0.25, -0.2) is 9.59 Å². The third kappa shape index (κ3) is 5.40. The Bertz CT molecular complexity index is 1190. The summed E-state index contributed by atoms with van der Waals surface area (Å²) in [6, 6.07) is 6.38. The van der Waals surface area contributed by atoms with Crippen molar-refractivity contribution < 1.29 is 19.1 Å². The van der Waals surface area contributed by atoms with Crippen LogP contribution in [0, 0.1) is 12.3 Å². The van der Waals surface area contributed by atoms with Gasteiger partial charge in [-0.15, -0.1) is 0 Å². The summed E-state index contributed by atoms with van der Waals surface area (Å²) >= 11 is 0. The molecule has 1 aromatic carbocycles. The molecule has 0 aliphatic heterocycles. The highest BCUT2D eigenvalue weighted by Crippen LogP contribution is 2.41. The van der Waals surface area contributed by atoms with Crippen LogP contribution in [0.3, 0.4) is 0 Å². The number of amides is 1. The minimum Gasteiger partial charge on any atom is -0.467 e. The fraction of sp³-hybridized carbons (Fsp3) is 0.538. The summed E-state index contributed by atoms with van der Waals surface area (Å²) < 4.78 is 12.7. The zero-order valence-corrected chi connectivity index (χ0v) is 21.2. The van der Waals surface area contributed by atoms with Gasteiger partial charge in [0.2, 0.25) is 5.91 Å². The van der Waals surface area contributed by atoms with Gasteiger partial charge in [-0.3, -0.25) is 14.2 Å². The molecule has 9 nitrogen and oxygen atoms in total. The average Bonchev–Trinajstić information content (AvgIpc) is 3.35. The number of aromatic nitrogens is 2. The van der Waals surface area contributed by atoms with Crippen LogP contribution >= 0.6 is 0 Å². The number of ether oxygens (including phenoxy) is 2. The van der Waals surface area contributed by atoms with Gasteiger partial charge in [-0.2, -0.15) is 0 Å². The number of hydrogen-bond acceptors (Lipinski definition) is 6. The quantitative estimate of drug-likeness (QED) is 0.543. The van der Waals surface area contributed by atoms with Gasteiger partial charge in [0.05, 0.1) is 18.1 Å². The molecular formula is C26H35N3O6. The summed E-state index contributed by atoms with van der Waals surface area (Å²) in [6.45, 7) is 2.22. The first-order chi connectivity index (χ1) is 16.6. The summed E-state index contributed by atoms with van der Waals surface area (Å²) in [4.78, 5) is 50.7. The molecule has 1 saturated carbocycles. The first kappa shape index (κ1) is 26.4. The van der Waals surface area contributed by atoms with Gasteiger partial charge in [0.25, 0.3) is 5.56 Å². The minimum atomic E-state index is -0.828. The zero-order valence-electron chi connectivity index (χ0n) is 21.2. The van der Waals surface area contributed by atoms with Crippen LogP contribution in [0.1, 0.15) is 43.4 Å². The normalized spacial score (nSPS) is 15.6. The van der Waals surface area contributed by atoms with E-state index in [1.54, 1.807) is 33.2 Å². The third-order valence-electron chi connectivity index (χ3n) is 7.26. The van der Waals surface area contributed by atoms with E-state index in [-0.39, 0.29) is 23.6 Å². The Balaban J connectivity index is 1.83. The molecular weight excluding hydrogens is 450 g/mol. The van der Waals surface area contributed by atoms with Crippen molar-refractivity contribution >= 4 is 11.9 Å². The Morgan fingerprint density at radius 1 is 1.06 bits per heavy atom. The molecule has 1 aromatic heterocycles. The highest BCUT2D eigenvalue weighted by Gasteiger charge is 2.42. The topological polar surface area (TPSA) is 109 Å². The van der Waals surface area contributed by atoms with Gasteiger partial charge >= 0.3 is 11.7 Å². The number of rotatable bonds is 9.